The molecule has 0 saturated carbocycles. The third-order valence-corrected chi connectivity index (χ3v) is 7.40. The summed E-state index contributed by atoms with van der Waals surface area (Å²) < 4.78 is 0. The van der Waals surface area contributed by atoms with Gasteiger partial charge in [-0.1, -0.05) is 6.07 Å². The lowest BCUT2D eigenvalue weighted by Gasteiger charge is -2.38. The van der Waals surface area contributed by atoms with Gasteiger partial charge < -0.3 is 20.4 Å². The van der Waals surface area contributed by atoms with Crippen LogP contribution in [0.5, 0.6) is 0 Å². The summed E-state index contributed by atoms with van der Waals surface area (Å²) in [7, 11) is 4.49. The van der Waals surface area contributed by atoms with Gasteiger partial charge in [0, 0.05) is 56.7 Å². The normalized spacial score (nSPS) is 24.8. The number of unbranched alkanes of at least 4 members (excludes halogenated alkanes) is 1. The van der Waals surface area contributed by atoms with Crippen LogP contribution < -0.4 is 10.6 Å². The first-order valence-electron chi connectivity index (χ1n) is 11.8. The van der Waals surface area contributed by atoms with Gasteiger partial charge in [0.25, 0.3) is 0 Å². The van der Waals surface area contributed by atoms with E-state index in [-0.39, 0.29) is 0 Å². The average Bonchev–Trinajstić information content (AvgIpc) is 3.27. The molecule has 0 amide bonds. The molecule has 2 aliphatic rings. The molecule has 0 aromatic carbocycles. The molecule has 170 valence electrons. The van der Waals surface area contributed by atoms with E-state index in [0.717, 1.165) is 25.6 Å². The van der Waals surface area contributed by atoms with Gasteiger partial charge in [0.15, 0.2) is 5.96 Å². The number of hydrogen-bond acceptors (Lipinski definition) is 5. The van der Waals surface area contributed by atoms with E-state index in [2.05, 4.69) is 63.9 Å². The van der Waals surface area contributed by atoms with Crippen molar-refractivity contribution in [3.05, 3.63) is 22.4 Å². The highest BCUT2D eigenvalue weighted by atomic mass is 32.1. The quantitative estimate of drug-likeness (QED) is 0.355. The topological polar surface area (TPSA) is 46.1 Å². The minimum atomic E-state index is 0.508. The number of rotatable bonds is 9. The van der Waals surface area contributed by atoms with Crippen molar-refractivity contribution in [1.82, 2.24) is 25.3 Å². The van der Waals surface area contributed by atoms with Crippen molar-refractivity contribution >= 4 is 17.3 Å². The van der Waals surface area contributed by atoms with E-state index in [1.165, 1.54) is 69.8 Å². The van der Waals surface area contributed by atoms with Crippen molar-refractivity contribution < 1.29 is 0 Å². The Morgan fingerprint density at radius 1 is 1.13 bits per heavy atom. The molecule has 3 rings (SSSR count). The molecule has 1 aromatic rings. The third kappa shape index (κ3) is 7.22. The highest BCUT2D eigenvalue weighted by Gasteiger charge is 2.31. The zero-order valence-corrected chi connectivity index (χ0v) is 20.1. The van der Waals surface area contributed by atoms with Gasteiger partial charge >= 0.3 is 0 Å². The van der Waals surface area contributed by atoms with E-state index in [9.17, 15) is 0 Å². The second-order valence-electron chi connectivity index (χ2n) is 8.84. The zero-order valence-electron chi connectivity index (χ0n) is 19.3. The Morgan fingerprint density at radius 2 is 1.97 bits per heavy atom. The van der Waals surface area contributed by atoms with Gasteiger partial charge in [0.2, 0.25) is 0 Å². The Labute approximate surface area is 187 Å². The molecule has 2 fully saturated rings. The fourth-order valence-electron chi connectivity index (χ4n) is 4.65. The number of thiophene rings is 1. The summed E-state index contributed by atoms with van der Waals surface area (Å²) in [6.45, 7) is 12.2. The molecule has 2 saturated heterocycles. The van der Waals surface area contributed by atoms with Gasteiger partial charge in [0.1, 0.15) is 0 Å². The molecule has 2 atom stereocenters. The Balaban J connectivity index is 1.43. The second kappa shape index (κ2) is 12.6. The Hall–Kier alpha value is -1.15. The second-order valence-corrected chi connectivity index (χ2v) is 9.82. The fraction of sp³-hybridized carbons (Fsp3) is 0.783. The van der Waals surface area contributed by atoms with Crippen LogP contribution in [0.3, 0.4) is 0 Å². The lowest BCUT2D eigenvalue weighted by molar-refractivity contribution is 0.128. The van der Waals surface area contributed by atoms with Gasteiger partial charge in [-0.2, -0.15) is 0 Å². The Bertz CT molecular complexity index is 611. The first-order valence-corrected chi connectivity index (χ1v) is 12.7. The summed E-state index contributed by atoms with van der Waals surface area (Å²) in [5, 5.41) is 9.21. The highest BCUT2D eigenvalue weighted by molar-refractivity contribution is 7.10. The average molecular weight is 435 g/mol. The first-order chi connectivity index (χ1) is 14.7. The van der Waals surface area contributed by atoms with Crippen LogP contribution >= 0.6 is 11.3 Å². The molecule has 6 nitrogen and oxygen atoms in total. The third-order valence-electron chi connectivity index (χ3n) is 6.46. The van der Waals surface area contributed by atoms with Crippen LogP contribution in [-0.4, -0.2) is 93.7 Å². The molecule has 0 aliphatic carbocycles. The van der Waals surface area contributed by atoms with Crippen molar-refractivity contribution in [2.45, 2.75) is 38.6 Å². The molecule has 2 unspecified atom stereocenters. The van der Waals surface area contributed by atoms with Gasteiger partial charge in [0.05, 0.1) is 0 Å². The van der Waals surface area contributed by atoms with Crippen LogP contribution in [0.25, 0.3) is 0 Å². The fourth-order valence-corrected chi connectivity index (χ4v) is 5.63. The maximum Gasteiger partial charge on any atom is 0.191 e. The summed E-state index contributed by atoms with van der Waals surface area (Å²) in [6, 6.07) is 4.97. The van der Waals surface area contributed by atoms with Crippen LogP contribution in [0.1, 0.15) is 43.5 Å². The summed E-state index contributed by atoms with van der Waals surface area (Å²) in [6.07, 6.45) is 4.99. The van der Waals surface area contributed by atoms with Crippen LogP contribution in [0, 0.1) is 5.92 Å². The number of guanidine groups is 1. The molecule has 0 bridgehead atoms. The van der Waals surface area contributed by atoms with Gasteiger partial charge in [-0.05, 0) is 77.2 Å². The van der Waals surface area contributed by atoms with Crippen molar-refractivity contribution in [1.29, 1.82) is 0 Å². The largest absolute Gasteiger partial charge is 0.357 e. The van der Waals surface area contributed by atoms with E-state index < -0.39 is 0 Å². The molecule has 2 aliphatic heterocycles. The van der Waals surface area contributed by atoms with E-state index in [1.807, 2.05) is 11.3 Å². The number of piperazine rings is 1. The Kier molecular flexibility index (Phi) is 9.91. The van der Waals surface area contributed by atoms with E-state index in [1.54, 1.807) is 0 Å². The Morgan fingerprint density at radius 3 is 2.70 bits per heavy atom. The van der Waals surface area contributed by atoms with Crippen molar-refractivity contribution in [3.63, 3.8) is 0 Å². The van der Waals surface area contributed by atoms with E-state index >= 15 is 0 Å². The van der Waals surface area contributed by atoms with E-state index in [4.69, 9.17) is 4.99 Å². The highest BCUT2D eigenvalue weighted by Crippen LogP contribution is 2.37. The number of nitrogens with one attached hydrogen (secondary N) is 2. The predicted molar refractivity (Wildman–Crippen MR) is 130 cm³/mol. The minimum Gasteiger partial charge on any atom is -0.357 e. The first kappa shape index (κ1) is 23.5. The predicted octanol–water partition coefficient (Wildman–Crippen LogP) is 2.71. The zero-order chi connectivity index (χ0) is 21.2. The summed E-state index contributed by atoms with van der Waals surface area (Å²) in [5.74, 6) is 1.57. The molecule has 1 aromatic heterocycles. The van der Waals surface area contributed by atoms with Crippen molar-refractivity contribution in [2.24, 2.45) is 10.9 Å². The summed E-state index contributed by atoms with van der Waals surface area (Å²) in [4.78, 5) is 14.0. The number of nitrogens with zero attached hydrogens (tertiary/aromatic N) is 4. The van der Waals surface area contributed by atoms with Crippen LogP contribution in [-0.2, 0) is 0 Å². The maximum atomic E-state index is 4.98. The molecule has 3 heterocycles. The number of likely N-dealkylation sites (tertiary alicyclic amines) is 1. The summed E-state index contributed by atoms with van der Waals surface area (Å²) in [5.41, 5.74) is 0. The lowest BCUT2D eigenvalue weighted by Crippen LogP contribution is -2.44. The molecule has 30 heavy (non-hydrogen) atoms. The number of likely N-dealkylation sites (N-methyl/N-ethyl adjacent to an activating group) is 1. The number of aliphatic imine (C=N–C) groups is 1. The SMILES string of the molecule is CCNC(=NCC1CCCN(C)C1c1cccs1)NCCCCN1CCN(C)CC1. The molecular weight excluding hydrogens is 392 g/mol. The lowest BCUT2D eigenvalue weighted by atomic mass is 9.88. The van der Waals surface area contributed by atoms with Crippen molar-refractivity contribution in [2.75, 3.05) is 73.0 Å². The monoisotopic (exact) mass is 434 g/mol. The standard InChI is InChI=1S/C23H42N6S/c1-4-24-23(25-11-5-6-13-29-16-14-27(2)15-17-29)26-19-20-9-7-12-28(3)22(20)21-10-8-18-30-21/h8,10,18,20,22H,4-7,9,11-17,19H2,1-3H3,(H2,24,25,26). The molecular formula is C23H42N6S. The number of hydrogen-bond donors (Lipinski definition) is 2. The molecule has 0 radical (unpaired) electrons. The minimum absolute atomic E-state index is 0.508. The smallest absolute Gasteiger partial charge is 0.191 e. The molecule has 2 N–H and O–H groups in total. The van der Waals surface area contributed by atoms with Gasteiger partial charge in [-0.15, -0.1) is 11.3 Å². The maximum absolute atomic E-state index is 4.98. The molecule has 7 heteroatoms. The van der Waals surface area contributed by atoms with Crippen LogP contribution in [0.15, 0.2) is 22.5 Å². The van der Waals surface area contributed by atoms with Crippen LogP contribution in [0.4, 0.5) is 0 Å². The summed E-state index contributed by atoms with van der Waals surface area (Å²) >= 11 is 1.88. The van der Waals surface area contributed by atoms with Crippen molar-refractivity contribution in [3.8, 4) is 0 Å². The van der Waals surface area contributed by atoms with Gasteiger partial charge in [-0.25, -0.2) is 0 Å². The van der Waals surface area contributed by atoms with Gasteiger partial charge in [-0.3, -0.25) is 9.89 Å². The molecule has 0 spiro atoms. The number of piperidine rings is 1. The van der Waals surface area contributed by atoms with Crippen LogP contribution in [0.2, 0.25) is 0 Å². The van der Waals surface area contributed by atoms with E-state index in [0.29, 0.717) is 12.0 Å².